The van der Waals surface area contributed by atoms with Crippen molar-refractivity contribution < 1.29 is 9.13 Å². The van der Waals surface area contributed by atoms with Crippen molar-refractivity contribution in [2.75, 3.05) is 13.2 Å². The van der Waals surface area contributed by atoms with Gasteiger partial charge < -0.3 is 10.1 Å². The van der Waals surface area contributed by atoms with E-state index in [0.717, 1.165) is 25.8 Å². The Balaban J connectivity index is 3.18. The van der Waals surface area contributed by atoms with Crippen LogP contribution in [0.5, 0.6) is 0 Å². The number of halogens is 1. The molecule has 20 heavy (non-hydrogen) atoms. The molecular formula is C16H27FN2O. The average Bonchev–Trinajstić information content (AvgIpc) is 2.48. The number of nitrogens with one attached hydrogen (secondary N) is 1. The molecule has 1 atom stereocenters. The first-order chi connectivity index (χ1) is 9.65. The van der Waals surface area contributed by atoms with Gasteiger partial charge in [-0.3, -0.25) is 4.98 Å². The van der Waals surface area contributed by atoms with E-state index in [9.17, 15) is 4.39 Å². The fraction of sp³-hybridized carbons (Fsp3) is 0.688. The van der Waals surface area contributed by atoms with Crippen LogP contribution in [0.25, 0.3) is 0 Å². The molecule has 0 spiro atoms. The van der Waals surface area contributed by atoms with E-state index in [0.29, 0.717) is 12.2 Å². The number of hydrogen-bond donors (Lipinski definition) is 1. The van der Waals surface area contributed by atoms with E-state index in [2.05, 4.69) is 31.1 Å². The summed E-state index contributed by atoms with van der Waals surface area (Å²) in [6.07, 6.45) is 5.58. The lowest BCUT2D eigenvalue weighted by molar-refractivity contribution is -0.0739. The van der Waals surface area contributed by atoms with Gasteiger partial charge in [0.2, 0.25) is 0 Å². The maximum absolute atomic E-state index is 14.2. The first kappa shape index (κ1) is 17.1. The Morgan fingerprint density at radius 1 is 1.30 bits per heavy atom. The van der Waals surface area contributed by atoms with E-state index >= 15 is 0 Å². The fourth-order valence-electron chi connectivity index (χ4n) is 2.72. The summed E-state index contributed by atoms with van der Waals surface area (Å²) in [7, 11) is 0. The van der Waals surface area contributed by atoms with Gasteiger partial charge in [0.15, 0.2) is 0 Å². The molecule has 0 fully saturated rings. The van der Waals surface area contributed by atoms with Gasteiger partial charge >= 0.3 is 0 Å². The Bertz CT molecular complexity index is 394. The van der Waals surface area contributed by atoms with Gasteiger partial charge in [0.1, 0.15) is 5.82 Å². The molecule has 0 saturated heterocycles. The number of hydrogen-bond acceptors (Lipinski definition) is 3. The Morgan fingerprint density at radius 3 is 2.50 bits per heavy atom. The number of aromatic nitrogens is 1. The van der Waals surface area contributed by atoms with Gasteiger partial charge in [0, 0.05) is 18.4 Å². The van der Waals surface area contributed by atoms with Crippen molar-refractivity contribution in [1.29, 1.82) is 0 Å². The minimum atomic E-state index is -0.383. The van der Waals surface area contributed by atoms with Crippen LogP contribution in [0.2, 0.25) is 0 Å². The molecule has 1 N–H and O–H groups in total. The zero-order chi connectivity index (χ0) is 15.0. The van der Waals surface area contributed by atoms with Gasteiger partial charge in [0.05, 0.1) is 17.8 Å². The minimum Gasteiger partial charge on any atom is -0.373 e. The summed E-state index contributed by atoms with van der Waals surface area (Å²) < 4.78 is 20.2. The molecule has 1 heterocycles. The molecule has 0 bridgehead atoms. The predicted molar refractivity (Wildman–Crippen MR) is 80.2 cm³/mol. The van der Waals surface area contributed by atoms with Crippen LogP contribution >= 0.6 is 0 Å². The second-order valence-corrected chi connectivity index (χ2v) is 4.99. The zero-order valence-corrected chi connectivity index (χ0v) is 13.1. The summed E-state index contributed by atoms with van der Waals surface area (Å²) in [5.41, 5.74) is 0.261. The van der Waals surface area contributed by atoms with Gasteiger partial charge in [0.25, 0.3) is 0 Å². The van der Waals surface area contributed by atoms with E-state index in [1.165, 1.54) is 6.20 Å². The van der Waals surface area contributed by atoms with Crippen molar-refractivity contribution in [2.45, 2.75) is 58.6 Å². The molecule has 0 aliphatic carbocycles. The summed E-state index contributed by atoms with van der Waals surface area (Å²) in [6.45, 7) is 9.74. The molecule has 114 valence electrons. The summed E-state index contributed by atoms with van der Waals surface area (Å²) in [6, 6.07) is 1.60. The van der Waals surface area contributed by atoms with Crippen molar-refractivity contribution in [1.82, 2.24) is 10.3 Å². The lowest BCUT2D eigenvalue weighted by Gasteiger charge is -2.40. The van der Waals surface area contributed by atoms with Crippen LogP contribution in [0, 0.1) is 5.82 Å². The third-order valence-corrected chi connectivity index (χ3v) is 3.87. The van der Waals surface area contributed by atoms with Gasteiger partial charge in [-0.2, -0.15) is 0 Å². The van der Waals surface area contributed by atoms with Gasteiger partial charge in [-0.1, -0.05) is 20.8 Å². The highest BCUT2D eigenvalue weighted by atomic mass is 19.1. The van der Waals surface area contributed by atoms with Crippen molar-refractivity contribution in [3.8, 4) is 0 Å². The summed E-state index contributed by atoms with van der Waals surface area (Å²) in [5, 5.41) is 3.46. The Morgan fingerprint density at radius 2 is 2.00 bits per heavy atom. The van der Waals surface area contributed by atoms with Crippen LogP contribution in [0.3, 0.4) is 0 Å². The van der Waals surface area contributed by atoms with Crippen LogP contribution in [0.1, 0.15) is 58.6 Å². The molecule has 0 amide bonds. The first-order valence-corrected chi connectivity index (χ1v) is 7.61. The predicted octanol–water partition coefficient (Wildman–Crippen LogP) is 3.86. The Kier molecular flexibility index (Phi) is 7.10. The molecule has 1 aromatic rings. The van der Waals surface area contributed by atoms with Crippen LogP contribution in [0.15, 0.2) is 18.5 Å². The molecule has 0 saturated carbocycles. The fourth-order valence-corrected chi connectivity index (χ4v) is 2.72. The van der Waals surface area contributed by atoms with Gasteiger partial charge in [-0.15, -0.1) is 0 Å². The number of ether oxygens (including phenoxy) is 1. The monoisotopic (exact) mass is 282 g/mol. The normalized spacial score (nSPS) is 13.4. The zero-order valence-electron chi connectivity index (χ0n) is 13.1. The maximum Gasteiger partial charge on any atom is 0.146 e. The van der Waals surface area contributed by atoms with E-state index in [-0.39, 0.29) is 17.5 Å². The number of pyridine rings is 1. The van der Waals surface area contributed by atoms with Crippen LogP contribution in [0.4, 0.5) is 4.39 Å². The second-order valence-electron chi connectivity index (χ2n) is 4.99. The quantitative estimate of drug-likeness (QED) is 0.747. The third-order valence-electron chi connectivity index (χ3n) is 3.87. The number of rotatable bonds is 9. The van der Waals surface area contributed by atoms with Gasteiger partial charge in [-0.05, 0) is 38.8 Å². The topological polar surface area (TPSA) is 34.2 Å². The van der Waals surface area contributed by atoms with Crippen LogP contribution in [-0.2, 0) is 4.74 Å². The molecule has 1 unspecified atom stereocenters. The van der Waals surface area contributed by atoms with Crippen molar-refractivity contribution in [3.05, 3.63) is 29.8 Å². The second kappa shape index (κ2) is 8.32. The Hall–Kier alpha value is -1.00. The lowest BCUT2D eigenvalue weighted by Crippen LogP contribution is -2.46. The standard InChI is InChI=1S/C16H27FN2O/c1-5-10-19-15(13-9-11-18-12-14(13)17)16(6-2,7-3)20-8-4/h9,11-12,15,19H,5-8,10H2,1-4H3. The van der Waals surface area contributed by atoms with E-state index in [1.54, 1.807) is 12.3 Å². The SMILES string of the molecule is CCCNC(c1ccncc1F)C(CC)(CC)OCC. The summed E-state index contributed by atoms with van der Waals surface area (Å²) in [4.78, 5) is 3.84. The minimum absolute atomic E-state index is 0.152. The smallest absolute Gasteiger partial charge is 0.146 e. The number of nitrogens with zero attached hydrogens (tertiary/aromatic N) is 1. The average molecular weight is 282 g/mol. The third kappa shape index (κ3) is 3.76. The Labute approximate surface area is 121 Å². The molecule has 4 heteroatoms. The van der Waals surface area contributed by atoms with Gasteiger partial charge in [-0.25, -0.2) is 4.39 Å². The van der Waals surface area contributed by atoms with E-state index in [4.69, 9.17) is 4.74 Å². The molecule has 3 nitrogen and oxygen atoms in total. The van der Waals surface area contributed by atoms with Crippen molar-refractivity contribution >= 4 is 0 Å². The molecule has 0 aliphatic heterocycles. The summed E-state index contributed by atoms with van der Waals surface area (Å²) >= 11 is 0. The van der Waals surface area contributed by atoms with Crippen LogP contribution < -0.4 is 5.32 Å². The molecule has 0 aliphatic rings. The highest BCUT2D eigenvalue weighted by molar-refractivity contribution is 5.21. The molecular weight excluding hydrogens is 255 g/mol. The largest absolute Gasteiger partial charge is 0.373 e. The highest BCUT2D eigenvalue weighted by Gasteiger charge is 2.38. The van der Waals surface area contributed by atoms with E-state index in [1.807, 2.05) is 6.92 Å². The maximum atomic E-state index is 14.2. The van der Waals surface area contributed by atoms with Crippen molar-refractivity contribution in [2.24, 2.45) is 0 Å². The van der Waals surface area contributed by atoms with E-state index < -0.39 is 0 Å². The lowest BCUT2D eigenvalue weighted by atomic mass is 9.83. The highest BCUT2D eigenvalue weighted by Crippen LogP contribution is 2.36. The molecule has 0 radical (unpaired) electrons. The van der Waals surface area contributed by atoms with Crippen molar-refractivity contribution in [3.63, 3.8) is 0 Å². The summed E-state index contributed by atoms with van der Waals surface area (Å²) in [5.74, 6) is -0.271. The first-order valence-electron chi connectivity index (χ1n) is 7.61. The molecule has 1 aromatic heterocycles. The molecule has 1 rings (SSSR count). The molecule has 0 aromatic carbocycles. The van der Waals surface area contributed by atoms with Crippen LogP contribution in [-0.4, -0.2) is 23.7 Å².